The normalized spacial score (nSPS) is 14.3. The second kappa shape index (κ2) is 5.48. The Morgan fingerprint density at radius 1 is 1.47 bits per heavy atom. The summed E-state index contributed by atoms with van der Waals surface area (Å²) in [4.78, 5) is 11.3. The van der Waals surface area contributed by atoms with Gasteiger partial charge in [0.05, 0.1) is 0 Å². The van der Waals surface area contributed by atoms with E-state index in [0.29, 0.717) is 0 Å². The van der Waals surface area contributed by atoms with E-state index >= 15 is 0 Å². The topological polar surface area (TPSA) is 74.2 Å². The van der Waals surface area contributed by atoms with Crippen molar-refractivity contribution < 1.29 is 20.4 Å². The number of hydrogen-bond acceptors (Lipinski definition) is 3. The van der Waals surface area contributed by atoms with Gasteiger partial charge in [0.15, 0.2) is 0 Å². The third-order valence-corrected chi connectivity index (χ3v) is 2.11. The molecule has 1 rings (SSSR count). The molecule has 0 amide bonds. The van der Waals surface area contributed by atoms with Crippen LogP contribution in [0.5, 0.6) is 0 Å². The molecule has 4 nitrogen and oxygen atoms in total. The highest BCUT2D eigenvalue weighted by molar-refractivity contribution is 5.74. The van der Waals surface area contributed by atoms with Gasteiger partial charge in [-0.15, -0.1) is 0 Å². The van der Waals surface area contributed by atoms with Crippen LogP contribution in [-0.2, 0) is 16.1 Å². The second-order valence-electron chi connectivity index (χ2n) is 3.44. The largest absolute Gasteiger partial charge is 0.456 e. The van der Waals surface area contributed by atoms with Crippen LogP contribution in [-0.4, -0.2) is 23.2 Å². The van der Waals surface area contributed by atoms with Crippen molar-refractivity contribution in [1.29, 1.82) is 0 Å². The van der Waals surface area contributed by atoms with Crippen LogP contribution in [0.2, 0.25) is 0 Å². The fourth-order valence-corrected chi connectivity index (χ4v) is 1.03. The molecular formula is C11H16NO3+. The van der Waals surface area contributed by atoms with Crippen LogP contribution in [0.15, 0.2) is 30.3 Å². The lowest BCUT2D eigenvalue weighted by molar-refractivity contribution is -0.424. The first-order valence-electron chi connectivity index (χ1n) is 4.83. The third kappa shape index (κ3) is 3.69. The fraction of sp³-hybridized carbons (Fsp3) is 0.364. The smallest absolute Gasteiger partial charge is 0.367 e. The Hall–Kier alpha value is -1.39. The average Bonchev–Trinajstić information content (AvgIpc) is 2.26. The van der Waals surface area contributed by atoms with Gasteiger partial charge >= 0.3 is 5.97 Å². The number of rotatable bonds is 4. The van der Waals surface area contributed by atoms with E-state index in [-0.39, 0.29) is 6.61 Å². The number of carbonyl (C=O) groups is 1. The zero-order valence-corrected chi connectivity index (χ0v) is 8.72. The van der Waals surface area contributed by atoms with E-state index < -0.39 is 18.1 Å². The van der Waals surface area contributed by atoms with Gasteiger partial charge in [-0.25, -0.2) is 4.79 Å². The van der Waals surface area contributed by atoms with Crippen molar-refractivity contribution in [3.8, 4) is 0 Å². The van der Waals surface area contributed by atoms with Gasteiger partial charge in [0, 0.05) is 0 Å². The van der Waals surface area contributed by atoms with Gasteiger partial charge in [0.25, 0.3) is 0 Å². The predicted molar refractivity (Wildman–Crippen MR) is 54.6 cm³/mol. The molecule has 0 aliphatic rings. The second-order valence-corrected chi connectivity index (χ2v) is 3.44. The van der Waals surface area contributed by atoms with E-state index in [2.05, 4.69) is 5.73 Å². The molecule has 0 heterocycles. The van der Waals surface area contributed by atoms with Crippen LogP contribution in [0.3, 0.4) is 0 Å². The van der Waals surface area contributed by atoms with Gasteiger partial charge in [0.1, 0.15) is 12.7 Å². The minimum atomic E-state index is -0.784. The monoisotopic (exact) mass is 210 g/mol. The molecule has 0 radical (unpaired) electrons. The lowest BCUT2D eigenvalue weighted by atomic mass is 10.2. The van der Waals surface area contributed by atoms with Crippen LogP contribution in [0.4, 0.5) is 0 Å². The number of carbonyl (C=O) groups excluding carboxylic acids is 1. The van der Waals surface area contributed by atoms with Crippen molar-refractivity contribution in [2.45, 2.75) is 25.7 Å². The molecule has 1 aromatic rings. The predicted octanol–water partition coefficient (Wildman–Crippen LogP) is -0.279. The highest BCUT2D eigenvalue weighted by Crippen LogP contribution is 2.01. The maximum absolute atomic E-state index is 11.3. The maximum atomic E-state index is 11.3. The molecule has 1 aromatic carbocycles. The fourth-order valence-electron chi connectivity index (χ4n) is 1.03. The van der Waals surface area contributed by atoms with E-state index in [1.54, 1.807) is 0 Å². The molecule has 15 heavy (non-hydrogen) atoms. The van der Waals surface area contributed by atoms with E-state index in [1.165, 1.54) is 6.92 Å². The van der Waals surface area contributed by atoms with Crippen LogP contribution in [0.25, 0.3) is 0 Å². The van der Waals surface area contributed by atoms with Gasteiger partial charge < -0.3 is 15.6 Å². The zero-order valence-electron chi connectivity index (χ0n) is 8.72. The highest BCUT2D eigenvalue weighted by atomic mass is 16.5. The summed E-state index contributed by atoms with van der Waals surface area (Å²) in [7, 11) is 0. The molecule has 0 spiro atoms. The first kappa shape index (κ1) is 11.7. The molecule has 0 fully saturated rings. The molecular weight excluding hydrogens is 194 g/mol. The summed E-state index contributed by atoms with van der Waals surface area (Å²) in [6.07, 6.45) is -0.784. The summed E-state index contributed by atoms with van der Waals surface area (Å²) in [6, 6.07) is 8.65. The molecule has 4 N–H and O–H groups in total. The molecule has 0 saturated carbocycles. The van der Waals surface area contributed by atoms with E-state index in [0.717, 1.165) is 5.56 Å². The molecule has 0 bridgehead atoms. The van der Waals surface area contributed by atoms with Crippen molar-refractivity contribution >= 4 is 5.97 Å². The Balaban J connectivity index is 2.41. The minimum absolute atomic E-state index is 0.221. The van der Waals surface area contributed by atoms with Gasteiger partial charge in [-0.1, -0.05) is 30.3 Å². The van der Waals surface area contributed by atoms with Crippen molar-refractivity contribution in [1.82, 2.24) is 0 Å². The van der Waals surface area contributed by atoms with E-state index in [1.807, 2.05) is 30.3 Å². The molecule has 0 aliphatic heterocycles. The SMILES string of the molecule is C[C@@H](O)[C@H]([NH3+])C(=O)OCc1ccccc1. The van der Waals surface area contributed by atoms with Crippen LogP contribution in [0.1, 0.15) is 12.5 Å². The maximum Gasteiger partial charge on any atom is 0.367 e. The summed E-state index contributed by atoms with van der Waals surface area (Å²) in [6.45, 7) is 1.74. The molecule has 2 atom stereocenters. The average molecular weight is 210 g/mol. The Kier molecular flexibility index (Phi) is 4.27. The Bertz CT molecular complexity index is 311. The van der Waals surface area contributed by atoms with Gasteiger partial charge in [-0.3, -0.25) is 0 Å². The molecule has 82 valence electrons. The number of benzene rings is 1. The van der Waals surface area contributed by atoms with Crippen LogP contribution in [0, 0.1) is 0 Å². The molecule has 0 saturated heterocycles. The van der Waals surface area contributed by atoms with Crippen molar-refractivity contribution in [2.24, 2.45) is 0 Å². The molecule has 0 aliphatic carbocycles. The van der Waals surface area contributed by atoms with Gasteiger partial charge in [0.2, 0.25) is 6.04 Å². The van der Waals surface area contributed by atoms with Crippen molar-refractivity contribution in [2.75, 3.05) is 0 Å². The Morgan fingerprint density at radius 2 is 2.07 bits per heavy atom. The summed E-state index contributed by atoms with van der Waals surface area (Å²) < 4.78 is 4.99. The lowest BCUT2D eigenvalue weighted by Crippen LogP contribution is -2.69. The van der Waals surface area contributed by atoms with Crippen molar-refractivity contribution in [3.63, 3.8) is 0 Å². The summed E-state index contributed by atoms with van der Waals surface area (Å²) in [5, 5.41) is 9.13. The molecule has 0 aromatic heterocycles. The molecule has 4 heteroatoms. The summed E-state index contributed by atoms with van der Waals surface area (Å²) >= 11 is 0. The number of esters is 1. The standard InChI is InChI=1S/C11H15NO3/c1-8(13)10(12)11(14)15-7-9-5-3-2-4-6-9/h2-6,8,10,13H,7,12H2,1H3/p+1/t8-,10+/m1/s1. The van der Waals surface area contributed by atoms with Gasteiger partial charge in [-0.2, -0.15) is 0 Å². The number of quaternary nitrogens is 1. The van der Waals surface area contributed by atoms with E-state index in [9.17, 15) is 4.79 Å². The summed E-state index contributed by atoms with van der Waals surface area (Å²) in [5.41, 5.74) is 4.45. The summed E-state index contributed by atoms with van der Waals surface area (Å²) in [5.74, 6) is -0.478. The molecule has 0 unspecified atom stereocenters. The Morgan fingerprint density at radius 3 is 2.60 bits per heavy atom. The number of ether oxygens (including phenoxy) is 1. The number of aliphatic hydroxyl groups is 1. The van der Waals surface area contributed by atoms with Crippen molar-refractivity contribution in [3.05, 3.63) is 35.9 Å². The van der Waals surface area contributed by atoms with Crippen LogP contribution >= 0.6 is 0 Å². The lowest BCUT2D eigenvalue weighted by Gasteiger charge is -2.10. The first-order valence-corrected chi connectivity index (χ1v) is 4.83. The number of aliphatic hydroxyl groups excluding tert-OH is 1. The highest BCUT2D eigenvalue weighted by Gasteiger charge is 2.24. The zero-order chi connectivity index (χ0) is 11.3. The Labute approximate surface area is 88.7 Å². The minimum Gasteiger partial charge on any atom is -0.456 e. The van der Waals surface area contributed by atoms with Crippen LogP contribution < -0.4 is 5.73 Å². The third-order valence-electron chi connectivity index (χ3n) is 2.11. The van der Waals surface area contributed by atoms with Gasteiger partial charge in [-0.05, 0) is 12.5 Å². The number of hydrogen-bond donors (Lipinski definition) is 2. The van der Waals surface area contributed by atoms with E-state index in [4.69, 9.17) is 9.84 Å². The quantitative estimate of drug-likeness (QED) is 0.671. The first-order chi connectivity index (χ1) is 7.11.